The highest BCUT2D eigenvalue weighted by molar-refractivity contribution is 7.87. The molecular formula is C23H42BO8PSSi. The molecule has 200 valence electrons. The number of ether oxygens (including phenoxy) is 1. The zero-order chi connectivity index (χ0) is 26.7. The number of hydrogen-bond donors (Lipinski definition) is 1. The summed E-state index contributed by atoms with van der Waals surface area (Å²) >= 11 is 0. The van der Waals surface area contributed by atoms with Crippen LogP contribution in [0.25, 0.3) is 0 Å². The van der Waals surface area contributed by atoms with E-state index < -0.39 is 31.9 Å². The molecule has 8 nitrogen and oxygen atoms in total. The Morgan fingerprint density at radius 3 is 2.23 bits per heavy atom. The Hall–Kier alpha value is -0.518. The van der Waals surface area contributed by atoms with Crippen LogP contribution in [0, 0.1) is 12.8 Å². The number of benzene rings is 1. The molecule has 1 N–H and O–H groups in total. The van der Waals surface area contributed by atoms with Gasteiger partial charge in [0.05, 0.1) is 24.2 Å². The summed E-state index contributed by atoms with van der Waals surface area (Å²) in [5, 5.41) is -0.221. The average molecular weight is 549 g/mol. The summed E-state index contributed by atoms with van der Waals surface area (Å²) in [4.78, 5) is 10.7. The van der Waals surface area contributed by atoms with E-state index >= 15 is 0 Å². The van der Waals surface area contributed by atoms with E-state index in [0.29, 0.717) is 6.42 Å². The molecule has 1 fully saturated rings. The summed E-state index contributed by atoms with van der Waals surface area (Å²) in [7, 11) is -8.58. The largest absolute Gasteiger partial charge is 0.432 e. The van der Waals surface area contributed by atoms with Crippen LogP contribution in [0.2, 0.25) is 18.1 Å². The van der Waals surface area contributed by atoms with Crippen molar-refractivity contribution in [2.45, 2.75) is 94.9 Å². The van der Waals surface area contributed by atoms with Gasteiger partial charge in [0, 0.05) is 12.4 Å². The third-order valence-electron chi connectivity index (χ3n) is 7.05. The molecule has 1 heterocycles. The monoisotopic (exact) mass is 548 g/mol. The Morgan fingerprint density at radius 1 is 1.20 bits per heavy atom. The van der Waals surface area contributed by atoms with E-state index in [1.807, 2.05) is 27.9 Å². The standard InChI is InChI=1S/C23H42BO8PSSi/c1-8-29-33(25,30-9-2)21(32-34(26,27)20-12-10-17(3)11-13-20)15-19-14-18(22(24)31-19)16-23(4,5)35(6,7)28/h10-13,18-19,21-22,28H,8-9,14-16,24H2,1-7H3/t18-,19+,21?,22-/m1/s1. The average Bonchev–Trinajstić information content (AvgIpc) is 3.05. The van der Waals surface area contributed by atoms with Gasteiger partial charge in [-0.2, -0.15) is 8.42 Å². The molecule has 35 heavy (non-hydrogen) atoms. The summed E-state index contributed by atoms with van der Waals surface area (Å²) in [6.07, 6.45) is 1.07. The Morgan fingerprint density at radius 2 is 1.74 bits per heavy atom. The zero-order valence-corrected chi connectivity index (χ0v) is 25.0. The van der Waals surface area contributed by atoms with E-state index in [1.165, 1.54) is 12.1 Å². The van der Waals surface area contributed by atoms with Gasteiger partial charge in [-0.3, -0.25) is 4.57 Å². The second-order valence-electron chi connectivity index (χ2n) is 10.5. The van der Waals surface area contributed by atoms with E-state index in [1.54, 1.807) is 26.0 Å². The molecular weight excluding hydrogens is 506 g/mol. The molecule has 0 spiro atoms. The predicted octanol–water partition coefficient (Wildman–Crippen LogP) is 4.41. The first kappa shape index (κ1) is 30.7. The summed E-state index contributed by atoms with van der Waals surface area (Å²) < 4.78 is 62.6. The smallest absolute Gasteiger partial charge is 0.360 e. The van der Waals surface area contributed by atoms with Gasteiger partial charge in [-0.1, -0.05) is 31.5 Å². The number of hydrogen-bond acceptors (Lipinski definition) is 8. The first-order chi connectivity index (χ1) is 16.0. The topological polar surface area (TPSA) is 108 Å². The summed E-state index contributed by atoms with van der Waals surface area (Å²) in [6.45, 7) is 13.4. The quantitative estimate of drug-likeness (QED) is 0.219. The van der Waals surface area contributed by atoms with Gasteiger partial charge >= 0.3 is 7.60 Å². The molecule has 0 aliphatic carbocycles. The van der Waals surface area contributed by atoms with Gasteiger partial charge in [-0.05, 0) is 69.8 Å². The molecule has 1 unspecified atom stereocenters. The molecule has 1 aliphatic heterocycles. The van der Waals surface area contributed by atoms with Crippen LogP contribution < -0.4 is 0 Å². The van der Waals surface area contributed by atoms with Crippen LogP contribution in [0.4, 0.5) is 0 Å². The fourth-order valence-corrected chi connectivity index (χ4v) is 8.32. The fraction of sp³-hybridized carbons (Fsp3) is 0.739. The lowest BCUT2D eigenvalue weighted by atomic mass is 9.80. The molecule has 0 saturated carbocycles. The number of rotatable bonds is 13. The maximum absolute atomic E-state index is 13.7. The normalized spacial score (nSPS) is 22.9. The summed E-state index contributed by atoms with van der Waals surface area (Å²) in [5.41, 5.74) is 0.909. The second-order valence-corrected chi connectivity index (χ2v) is 18.8. The maximum Gasteiger partial charge on any atom is 0.360 e. The van der Waals surface area contributed by atoms with E-state index in [4.69, 9.17) is 18.0 Å². The van der Waals surface area contributed by atoms with Crippen molar-refractivity contribution in [2.24, 2.45) is 5.92 Å². The highest BCUT2D eigenvalue weighted by atomic mass is 32.2. The van der Waals surface area contributed by atoms with Crippen molar-refractivity contribution in [2.75, 3.05) is 13.2 Å². The SMILES string of the molecule is B[C@@H]1O[C@H](CC(OS(=O)(=O)c2ccc(C)cc2)P(=O)(OCC)OCC)C[C@@H]1CC(C)(C)[Si](C)(C)O. The molecule has 0 aromatic heterocycles. The molecule has 1 aromatic carbocycles. The van der Waals surface area contributed by atoms with Crippen LogP contribution >= 0.6 is 7.60 Å². The fourth-order valence-electron chi connectivity index (χ4n) is 4.22. The van der Waals surface area contributed by atoms with Gasteiger partial charge in [0.25, 0.3) is 10.1 Å². The molecule has 1 saturated heterocycles. The van der Waals surface area contributed by atoms with Crippen LogP contribution in [0.5, 0.6) is 0 Å². The van der Waals surface area contributed by atoms with E-state index in [0.717, 1.165) is 12.0 Å². The highest BCUT2D eigenvalue weighted by Crippen LogP contribution is 2.57. The zero-order valence-electron chi connectivity index (χ0n) is 22.3. The highest BCUT2D eigenvalue weighted by Gasteiger charge is 2.47. The molecule has 12 heteroatoms. The van der Waals surface area contributed by atoms with Crippen LogP contribution in [-0.2, 0) is 32.7 Å². The third-order valence-corrected chi connectivity index (χ3v) is 14.3. The lowest BCUT2D eigenvalue weighted by Gasteiger charge is -2.37. The maximum atomic E-state index is 13.7. The lowest BCUT2D eigenvalue weighted by Crippen LogP contribution is -2.41. The number of aryl methyl sites for hydroxylation is 1. The van der Waals surface area contributed by atoms with E-state index in [2.05, 4.69) is 13.8 Å². The molecule has 4 atom stereocenters. The minimum Gasteiger partial charge on any atom is -0.432 e. The molecule has 0 amide bonds. The first-order valence-electron chi connectivity index (χ1n) is 12.3. The minimum absolute atomic E-state index is 0.0249. The minimum atomic E-state index is -4.23. The van der Waals surface area contributed by atoms with Crippen LogP contribution in [-0.4, -0.2) is 60.5 Å². The molecule has 2 rings (SSSR count). The van der Waals surface area contributed by atoms with Gasteiger partial charge in [0.1, 0.15) is 7.85 Å². The summed E-state index contributed by atoms with van der Waals surface area (Å²) in [5.74, 6) is -1.18. The van der Waals surface area contributed by atoms with Crippen LogP contribution in [0.3, 0.4) is 0 Å². The van der Waals surface area contributed by atoms with Crippen LogP contribution in [0.1, 0.15) is 52.5 Å². The van der Waals surface area contributed by atoms with Crippen molar-refractivity contribution < 1.29 is 35.7 Å². The van der Waals surface area contributed by atoms with Crippen molar-refractivity contribution in [3.63, 3.8) is 0 Å². The van der Waals surface area contributed by atoms with Gasteiger partial charge < -0.3 is 18.6 Å². The predicted molar refractivity (Wildman–Crippen MR) is 142 cm³/mol. The molecule has 0 radical (unpaired) electrons. The van der Waals surface area contributed by atoms with Gasteiger partial charge in [0.15, 0.2) is 14.2 Å². The van der Waals surface area contributed by atoms with Crippen molar-refractivity contribution in [3.8, 4) is 0 Å². The first-order valence-corrected chi connectivity index (χ1v) is 18.3. The molecule has 1 aromatic rings. The molecule has 0 bridgehead atoms. The van der Waals surface area contributed by atoms with Crippen molar-refractivity contribution in [1.29, 1.82) is 0 Å². The van der Waals surface area contributed by atoms with Crippen molar-refractivity contribution in [3.05, 3.63) is 29.8 Å². The second kappa shape index (κ2) is 11.9. The van der Waals surface area contributed by atoms with Crippen LogP contribution in [0.15, 0.2) is 29.2 Å². The Labute approximate surface area is 213 Å². The van der Waals surface area contributed by atoms with Gasteiger partial charge in [0.2, 0.25) is 0 Å². The van der Waals surface area contributed by atoms with E-state index in [-0.39, 0.29) is 47.6 Å². The lowest BCUT2D eigenvalue weighted by molar-refractivity contribution is 0.0516. The summed E-state index contributed by atoms with van der Waals surface area (Å²) in [6, 6.07) is 6.18. The Kier molecular flexibility index (Phi) is 10.4. The van der Waals surface area contributed by atoms with E-state index in [9.17, 15) is 17.8 Å². The van der Waals surface area contributed by atoms with Gasteiger partial charge in [-0.25, -0.2) is 4.18 Å². The molecule has 1 aliphatic rings. The third kappa shape index (κ3) is 7.98. The van der Waals surface area contributed by atoms with Gasteiger partial charge in [-0.15, -0.1) is 0 Å². The Balaban J connectivity index is 2.29. The van der Waals surface area contributed by atoms with Crippen molar-refractivity contribution >= 4 is 33.9 Å². The Bertz CT molecular complexity index is 970. The van der Waals surface area contributed by atoms with Crippen molar-refractivity contribution in [1.82, 2.24) is 0 Å².